The molecule has 3 fully saturated rings. The summed E-state index contributed by atoms with van der Waals surface area (Å²) in [7, 11) is 0. The van der Waals surface area contributed by atoms with Gasteiger partial charge >= 0.3 is 6.03 Å². The predicted molar refractivity (Wildman–Crippen MR) is 104 cm³/mol. The summed E-state index contributed by atoms with van der Waals surface area (Å²) in [6.45, 7) is 3.34. The van der Waals surface area contributed by atoms with Crippen molar-refractivity contribution < 1.29 is 14.3 Å². The first-order chi connectivity index (χ1) is 13.2. The maximum absolute atomic E-state index is 11.9. The van der Waals surface area contributed by atoms with Gasteiger partial charge in [0.1, 0.15) is 0 Å². The Morgan fingerprint density at radius 2 is 2.04 bits per heavy atom. The number of ether oxygens (including phenoxy) is 2. The number of primary amides is 1. The molecule has 0 radical (unpaired) electrons. The van der Waals surface area contributed by atoms with Crippen LogP contribution in [0.25, 0.3) is 0 Å². The molecule has 4 rings (SSSR count). The first-order valence-electron chi connectivity index (χ1n) is 10.2. The van der Waals surface area contributed by atoms with E-state index in [1.54, 1.807) is 4.90 Å². The van der Waals surface area contributed by atoms with Crippen molar-refractivity contribution in [1.82, 2.24) is 10.2 Å². The van der Waals surface area contributed by atoms with Gasteiger partial charge in [-0.15, -0.1) is 0 Å². The molecule has 1 aliphatic carbocycles. The monoisotopic (exact) mass is 373 g/mol. The Morgan fingerprint density at radius 3 is 2.70 bits per heavy atom. The Labute approximate surface area is 161 Å². The number of rotatable bonds is 4. The number of benzene rings is 1. The van der Waals surface area contributed by atoms with E-state index in [4.69, 9.17) is 15.2 Å². The smallest absolute Gasteiger partial charge is 0.315 e. The highest BCUT2D eigenvalue weighted by atomic mass is 16.5. The first kappa shape index (κ1) is 18.7. The van der Waals surface area contributed by atoms with E-state index in [9.17, 15) is 4.79 Å². The van der Waals surface area contributed by atoms with E-state index in [2.05, 4.69) is 35.6 Å². The van der Waals surface area contributed by atoms with Gasteiger partial charge in [-0.1, -0.05) is 30.3 Å². The molecule has 6 nitrogen and oxygen atoms in total. The Balaban J connectivity index is 1.33. The van der Waals surface area contributed by atoms with Gasteiger partial charge in [-0.25, -0.2) is 4.79 Å². The zero-order valence-electron chi connectivity index (χ0n) is 15.9. The number of likely N-dealkylation sites (tertiary alicyclic amines) is 1. The molecule has 1 aromatic carbocycles. The van der Waals surface area contributed by atoms with E-state index in [-0.39, 0.29) is 23.7 Å². The molecule has 1 saturated carbocycles. The van der Waals surface area contributed by atoms with Crippen LogP contribution in [0.3, 0.4) is 0 Å². The Bertz CT molecular complexity index is 625. The zero-order valence-corrected chi connectivity index (χ0v) is 15.9. The summed E-state index contributed by atoms with van der Waals surface area (Å²) in [6.07, 6.45) is 5.59. The van der Waals surface area contributed by atoms with Crippen molar-refractivity contribution in [2.75, 3.05) is 32.9 Å². The molecule has 1 spiro atoms. The molecule has 3 N–H and O–H groups in total. The van der Waals surface area contributed by atoms with Crippen LogP contribution in [0, 0.1) is 0 Å². The van der Waals surface area contributed by atoms with Gasteiger partial charge in [0.2, 0.25) is 0 Å². The Morgan fingerprint density at radius 1 is 1.26 bits per heavy atom. The van der Waals surface area contributed by atoms with Crippen LogP contribution in [0.15, 0.2) is 30.3 Å². The van der Waals surface area contributed by atoms with Crippen molar-refractivity contribution in [3.8, 4) is 0 Å². The fraction of sp³-hybridized carbons (Fsp3) is 0.667. The van der Waals surface area contributed by atoms with E-state index >= 15 is 0 Å². The number of carbonyl (C=O) groups excluding carboxylic acids is 1. The number of urea groups is 1. The van der Waals surface area contributed by atoms with Crippen LogP contribution in [0.2, 0.25) is 0 Å². The van der Waals surface area contributed by atoms with E-state index in [1.165, 1.54) is 5.56 Å². The second-order valence-electron chi connectivity index (χ2n) is 8.15. The molecule has 2 unspecified atom stereocenters. The molecule has 2 atom stereocenters. The summed E-state index contributed by atoms with van der Waals surface area (Å²) < 4.78 is 12.0. The van der Waals surface area contributed by atoms with Crippen LogP contribution in [-0.4, -0.2) is 61.5 Å². The van der Waals surface area contributed by atoms with Gasteiger partial charge in [0.15, 0.2) is 0 Å². The molecule has 1 aromatic rings. The molecule has 148 valence electrons. The van der Waals surface area contributed by atoms with Gasteiger partial charge < -0.3 is 25.4 Å². The van der Waals surface area contributed by atoms with E-state index < -0.39 is 0 Å². The standard InChI is InChI=1S/C21H31N3O3/c22-20(25)24-12-10-21(15-26-13-11-23-21)19(24)14-27-18-8-6-17(7-9-18)16-4-2-1-3-5-16/h1-5,17-19,23H,6-15H2,(H2,22,25). The predicted octanol–water partition coefficient (Wildman–Crippen LogP) is 2.24. The number of amides is 2. The molecular formula is C21H31N3O3. The minimum Gasteiger partial charge on any atom is -0.378 e. The number of hydrogen-bond acceptors (Lipinski definition) is 4. The molecule has 2 aliphatic heterocycles. The molecule has 6 heteroatoms. The number of nitrogens with two attached hydrogens (primary N) is 1. The van der Waals surface area contributed by atoms with Crippen molar-refractivity contribution in [2.45, 2.75) is 55.7 Å². The van der Waals surface area contributed by atoms with Crippen molar-refractivity contribution in [3.05, 3.63) is 35.9 Å². The van der Waals surface area contributed by atoms with Gasteiger partial charge in [0, 0.05) is 13.1 Å². The third-order valence-corrected chi connectivity index (χ3v) is 6.61. The van der Waals surface area contributed by atoms with E-state index in [1.807, 2.05) is 0 Å². The van der Waals surface area contributed by atoms with Gasteiger partial charge in [-0.3, -0.25) is 0 Å². The quantitative estimate of drug-likeness (QED) is 0.849. The number of nitrogens with zero attached hydrogens (tertiary/aromatic N) is 1. The summed E-state index contributed by atoms with van der Waals surface area (Å²) in [5, 5.41) is 3.59. The van der Waals surface area contributed by atoms with Crippen molar-refractivity contribution in [2.24, 2.45) is 5.73 Å². The maximum Gasteiger partial charge on any atom is 0.315 e. The molecule has 27 heavy (non-hydrogen) atoms. The van der Waals surface area contributed by atoms with E-state index in [0.717, 1.165) is 45.3 Å². The fourth-order valence-electron chi connectivity index (χ4n) is 5.02. The lowest BCUT2D eigenvalue weighted by molar-refractivity contribution is -0.0397. The number of nitrogens with one attached hydrogen (secondary N) is 1. The van der Waals surface area contributed by atoms with Crippen LogP contribution in [0.4, 0.5) is 4.79 Å². The van der Waals surface area contributed by atoms with Gasteiger partial charge in [-0.05, 0) is 43.6 Å². The van der Waals surface area contributed by atoms with Crippen LogP contribution >= 0.6 is 0 Å². The minimum absolute atomic E-state index is 0.0536. The van der Waals surface area contributed by atoms with Gasteiger partial charge in [0.05, 0.1) is 37.5 Å². The zero-order chi connectivity index (χ0) is 18.7. The van der Waals surface area contributed by atoms with Crippen molar-refractivity contribution in [3.63, 3.8) is 0 Å². The second-order valence-corrected chi connectivity index (χ2v) is 8.15. The number of morpholine rings is 1. The summed E-state index contributed by atoms with van der Waals surface area (Å²) >= 11 is 0. The van der Waals surface area contributed by atoms with Crippen LogP contribution in [-0.2, 0) is 9.47 Å². The summed E-state index contributed by atoms with van der Waals surface area (Å²) in [5.74, 6) is 0.638. The van der Waals surface area contributed by atoms with Crippen LogP contribution in [0.1, 0.15) is 43.6 Å². The van der Waals surface area contributed by atoms with Crippen molar-refractivity contribution >= 4 is 6.03 Å². The summed E-state index contributed by atoms with van der Waals surface area (Å²) in [5.41, 5.74) is 6.86. The lowest BCUT2D eigenvalue weighted by Gasteiger charge is -2.41. The minimum atomic E-state index is -0.361. The molecular weight excluding hydrogens is 342 g/mol. The largest absolute Gasteiger partial charge is 0.378 e. The lowest BCUT2D eigenvalue weighted by Crippen LogP contribution is -2.63. The number of hydrogen-bond donors (Lipinski definition) is 2. The average Bonchev–Trinajstić information content (AvgIpc) is 3.06. The van der Waals surface area contributed by atoms with E-state index in [0.29, 0.717) is 25.7 Å². The lowest BCUT2D eigenvalue weighted by atomic mass is 9.82. The normalized spacial score (nSPS) is 34.1. The van der Waals surface area contributed by atoms with Gasteiger partial charge in [0.25, 0.3) is 0 Å². The van der Waals surface area contributed by atoms with Gasteiger partial charge in [-0.2, -0.15) is 0 Å². The highest BCUT2D eigenvalue weighted by Gasteiger charge is 2.50. The van der Waals surface area contributed by atoms with Crippen LogP contribution in [0.5, 0.6) is 0 Å². The molecule has 2 amide bonds. The fourth-order valence-corrected chi connectivity index (χ4v) is 5.02. The maximum atomic E-state index is 11.9. The Kier molecular flexibility index (Phi) is 5.66. The highest BCUT2D eigenvalue weighted by molar-refractivity contribution is 5.73. The molecule has 2 heterocycles. The summed E-state index contributed by atoms with van der Waals surface area (Å²) in [4.78, 5) is 13.7. The average molecular weight is 373 g/mol. The Hall–Kier alpha value is -1.63. The molecule has 0 bridgehead atoms. The highest BCUT2D eigenvalue weighted by Crippen LogP contribution is 2.35. The topological polar surface area (TPSA) is 76.8 Å². The molecule has 2 saturated heterocycles. The molecule has 3 aliphatic rings. The molecule has 0 aromatic heterocycles. The SMILES string of the molecule is NC(=O)N1CCC2(COCCN2)C1COC1CCC(c2ccccc2)CC1. The summed E-state index contributed by atoms with van der Waals surface area (Å²) in [6, 6.07) is 10.4. The first-order valence-corrected chi connectivity index (χ1v) is 10.2. The number of carbonyl (C=O) groups is 1. The third kappa shape index (κ3) is 3.98. The van der Waals surface area contributed by atoms with Crippen LogP contribution < -0.4 is 11.1 Å². The van der Waals surface area contributed by atoms with Crippen molar-refractivity contribution in [1.29, 1.82) is 0 Å². The third-order valence-electron chi connectivity index (χ3n) is 6.61. The second kappa shape index (κ2) is 8.17.